The molecule has 0 amide bonds. The Balaban J connectivity index is 1.81. The Morgan fingerprint density at radius 1 is 1.07 bits per heavy atom. The zero-order valence-electron chi connectivity index (χ0n) is 16.6. The first kappa shape index (κ1) is 22.7. The van der Waals surface area contributed by atoms with E-state index in [1.165, 1.54) is 19.2 Å². The molecule has 0 saturated carbocycles. The van der Waals surface area contributed by atoms with Crippen molar-refractivity contribution in [3.05, 3.63) is 65.0 Å². The van der Waals surface area contributed by atoms with Gasteiger partial charge in [-0.15, -0.1) is 0 Å². The van der Waals surface area contributed by atoms with Gasteiger partial charge < -0.3 is 4.74 Å². The number of hydrogen-bond donors (Lipinski definition) is 0. The van der Waals surface area contributed by atoms with Gasteiger partial charge in [0.15, 0.2) is 6.61 Å². The SMILES string of the molecule is Cc1ccc(C)c(C(=O)COC(=O)CCCN(C)S(=O)(=O)c2ccc(F)cc2)c1. The van der Waals surface area contributed by atoms with Gasteiger partial charge in [-0.2, -0.15) is 0 Å². The van der Waals surface area contributed by atoms with Gasteiger partial charge in [-0.25, -0.2) is 17.1 Å². The zero-order chi connectivity index (χ0) is 21.6. The Labute approximate surface area is 170 Å². The predicted octanol–water partition coefficient (Wildman–Crippen LogP) is 3.27. The summed E-state index contributed by atoms with van der Waals surface area (Å²) in [4.78, 5) is 24.1. The lowest BCUT2D eigenvalue weighted by Gasteiger charge is -2.17. The molecule has 6 nitrogen and oxygen atoms in total. The number of aryl methyl sites for hydroxylation is 2. The van der Waals surface area contributed by atoms with E-state index in [-0.39, 0.29) is 36.7 Å². The van der Waals surface area contributed by atoms with Gasteiger partial charge in [-0.3, -0.25) is 9.59 Å². The number of rotatable bonds is 9. The third-order valence-corrected chi connectivity index (χ3v) is 6.30. The fraction of sp³-hybridized carbons (Fsp3) is 0.333. The first-order chi connectivity index (χ1) is 13.6. The Kier molecular flexibility index (Phi) is 7.64. The van der Waals surface area contributed by atoms with Crippen LogP contribution in [-0.2, 0) is 19.6 Å². The minimum absolute atomic E-state index is 0.0244. The van der Waals surface area contributed by atoms with Gasteiger partial charge in [-0.1, -0.05) is 17.7 Å². The molecule has 0 radical (unpaired) electrons. The second-order valence-electron chi connectivity index (χ2n) is 6.79. The third-order valence-electron chi connectivity index (χ3n) is 4.43. The molecule has 0 aromatic heterocycles. The molecule has 0 heterocycles. The van der Waals surface area contributed by atoms with Crippen LogP contribution in [0.5, 0.6) is 0 Å². The predicted molar refractivity (Wildman–Crippen MR) is 107 cm³/mol. The van der Waals surface area contributed by atoms with Crippen LogP contribution in [0.4, 0.5) is 4.39 Å². The summed E-state index contributed by atoms with van der Waals surface area (Å²) in [6.07, 6.45) is 0.205. The number of hydrogen-bond acceptors (Lipinski definition) is 5. The highest BCUT2D eigenvalue weighted by Gasteiger charge is 2.21. The van der Waals surface area contributed by atoms with Crippen LogP contribution in [0.15, 0.2) is 47.4 Å². The quantitative estimate of drug-likeness (QED) is 0.459. The van der Waals surface area contributed by atoms with Crippen LogP contribution in [0.2, 0.25) is 0 Å². The first-order valence-electron chi connectivity index (χ1n) is 9.09. The number of carbonyl (C=O) groups is 2. The maximum Gasteiger partial charge on any atom is 0.306 e. The molecule has 0 spiro atoms. The largest absolute Gasteiger partial charge is 0.457 e. The van der Waals surface area contributed by atoms with Gasteiger partial charge in [0.1, 0.15) is 5.82 Å². The van der Waals surface area contributed by atoms with Crippen LogP contribution in [0.3, 0.4) is 0 Å². The van der Waals surface area contributed by atoms with Crippen molar-refractivity contribution in [1.29, 1.82) is 0 Å². The van der Waals surface area contributed by atoms with E-state index in [2.05, 4.69) is 0 Å². The van der Waals surface area contributed by atoms with Crippen LogP contribution in [0, 0.1) is 19.7 Å². The number of esters is 1. The number of carbonyl (C=O) groups excluding carboxylic acids is 2. The smallest absolute Gasteiger partial charge is 0.306 e. The van der Waals surface area contributed by atoms with Gasteiger partial charge in [0.2, 0.25) is 15.8 Å². The van der Waals surface area contributed by atoms with Crippen LogP contribution in [0.1, 0.15) is 34.3 Å². The molecule has 0 N–H and O–H groups in total. The molecule has 0 saturated heterocycles. The van der Waals surface area contributed by atoms with E-state index < -0.39 is 21.8 Å². The van der Waals surface area contributed by atoms with Gasteiger partial charge in [-0.05, 0) is 56.2 Å². The summed E-state index contributed by atoms with van der Waals surface area (Å²) >= 11 is 0. The van der Waals surface area contributed by atoms with Crippen molar-refractivity contribution in [3.63, 3.8) is 0 Å². The normalized spacial score (nSPS) is 11.5. The van der Waals surface area contributed by atoms with Crippen molar-refractivity contribution in [3.8, 4) is 0 Å². The molecular formula is C21H24FNO5S. The fourth-order valence-corrected chi connectivity index (χ4v) is 3.89. The van der Waals surface area contributed by atoms with Gasteiger partial charge >= 0.3 is 5.97 Å². The molecule has 0 aliphatic rings. The monoisotopic (exact) mass is 421 g/mol. The lowest BCUT2D eigenvalue weighted by molar-refractivity contribution is -0.142. The summed E-state index contributed by atoms with van der Waals surface area (Å²) in [5.41, 5.74) is 2.27. The molecule has 156 valence electrons. The average molecular weight is 421 g/mol. The minimum atomic E-state index is -3.76. The van der Waals surface area contributed by atoms with Crippen LogP contribution < -0.4 is 0 Å². The molecule has 8 heteroatoms. The Hall–Kier alpha value is -2.58. The zero-order valence-corrected chi connectivity index (χ0v) is 17.5. The molecule has 2 aromatic carbocycles. The van der Waals surface area contributed by atoms with Gasteiger partial charge in [0.25, 0.3) is 0 Å². The van der Waals surface area contributed by atoms with E-state index in [1.54, 1.807) is 6.07 Å². The summed E-state index contributed by atoms with van der Waals surface area (Å²) < 4.78 is 43.9. The molecule has 0 atom stereocenters. The average Bonchev–Trinajstić information content (AvgIpc) is 2.68. The van der Waals surface area contributed by atoms with E-state index in [4.69, 9.17) is 4.74 Å². The standard InChI is InChI=1S/C21H24FNO5S/c1-15-6-7-16(2)19(13-15)20(24)14-28-21(25)5-4-12-23(3)29(26,27)18-10-8-17(22)9-11-18/h6-11,13H,4-5,12,14H2,1-3H3. The molecule has 0 aliphatic carbocycles. The lowest BCUT2D eigenvalue weighted by Crippen LogP contribution is -2.28. The van der Waals surface area contributed by atoms with Crippen molar-refractivity contribution in [2.75, 3.05) is 20.2 Å². The topological polar surface area (TPSA) is 80.8 Å². The van der Waals surface area contributed by atoms with Crippen molar-refractivity contribution in [2.24, 2.45) is 0 Å². The lowest BCUT2D eigenvalue weighted by atomic mass is 10.0. The highest BCUT2D eigenvalue weighted by molar-refractivity contribution is 7.89. The van der Waals surface area contributed by atoms with E-state index >= 15 is 0 Å². The van der Waals surface area contributed by atoms with Crippen molar-refractivity contribution >= 4 is 21.8 Å². The second-order valence-corrected chi connectivity index (χ2v) is 8.83. The number of sulfonamides is 1. The van der Waals surface area contributed by atoms with E-state index in [1.807, 2.05) is 26.0 Å². The van der Waals surface area contributed by atoms with Crippen LogP contribution in [0.25, 0.3) is 0 Å². The molecule has 0 fully saturated rings. The second kappa shape index (κ2) is 9.76. The molecule has 0 unspecified atom stereocenters. The number of nitrogens with zero attached hydrogens (tertiary/aromatic N) is 1. The van der Waals surface area contributed by atoms with E-state index in [0.717, 1.165) is 27.6 Å². The first-order valence-corrected chi connectivity index (χ1v) is 10.5. The Bertz CT molecular complexity index is 987. The molecular weight excluding hydrogens is 397 g/mol. The number of ether oxygens (including phenoxy) is 1. The highest BCUT2D eigenvalue weighted by Crippen LogP contribution is 2.16. The summed E-state index contributed by atoms with van der Waals surface area (Å²) in [5, 5.41) is 0. The Morgan fingerprint density at radius 2 is 1.72 bits per heavy atom. The summed E-state index contributed by atoms with van der Waals surface area (Å²) in [7, 11) is -2.38. The number of benzene rings is 2. The Morgan fingerprint density at radius 3 is 2.38 bits per heavy atom. The maximum absolute atomic E-state index is 13.0. The van der Waals surface area contributed by atoms with Crippen molar-refractivity contribution in [2.45, 2.75) is 31.6 Å². The molecule has 2 aromatic rings. The maximum atomic E-state index is 13.0. The van der Waals surface area contributed by atoms with E-state index in [0.29, 0.717) is 5.56 Å². The van der Waals surface area contributed by atoms with Gasteiger partial charge in [0.05, 0.1) is 4.90 Å². The molecule has 29 heavy (non-hydrogen) atoms. The van der Waals surface area contributed by atoms with Crippen LogP contribution >= 0.6 is 0 Å². The molecule has 2 rings (SSSR count). The number of Topliss-reactive ketones (excluding diaryl/α,β-unsaturated/α-hetero) is 1. The minimum Gasteiger partial charge on any atom is -0.457 e. The number of ketones is 1. The fourth-order valence-electron chi connectivity index (χ4n) is 2.68. The van der Waals surface area contributed by atoms with Gasteiger partial charge in [0, 0.05) is 25.6 Å². The van der Waals surface area contributed by atoms with Crippen molar-refractivity contribution in [1.82, 2.24) is 4.31 Å². The van der Waals surface area contributed by atoms with Crippen LogP contribution in [-0.4, -0.2) is 44.7 Å². The number of halogens is 1. The third kappa shape index (κ3) is 6.20. The summed E-state index contributed by atoms with van der Waals surface area (Å²) in [5.74, 6) is -1.38. The molecule has 0 bridgehead atoms. The van der Waals surface area contributed by atoms with Crippen molar-refractivity contribution < 1.29 is 27.1 Å². The summed E-state index contributed by atoms with van der Waals surface area (Å²) in [6, 6.07) is 10.0. The van der Waals surface area contributed by atoms with E-state index in [9.17, 15) is 22.4 Å². The molecule has 0 aliphatic heterocycles. The summed E-state index contributed by atoms with van der Waals surface area (Å²) in [6.45, 7) is 3.41. The highest BCUT2D eigenvalue weighted by atomic mass is 32.2.